The van der Waals surface area contributed by atoms with Crippen molar-refractivity contribution in [1.29, 1.82) is 0 Å². The molecule has 3 heterocycles. The highest BCUT2D eigenvalue weighted by Gasteiger charge is 2.38. The van der Waals surface area contributed by atoms with Gasteiger partial charge < -0.3 is 15.1 Å². The molecule has 1 fully saturated rings. The second-order valence-electron chi connectivity index (χ2n) is 5.63. The molecule has 2 aromatic rings. The Hall–Kier alpha value is -2.69. The third-order valence-electron chi connectivity index (χ3n) is 3.83. The molecule has 1 aliphatic heterocycles. The maximum Gasteiger partial charge on any atom is 0.490 e. The van der Waals surface area contributed by atoms with Gasteiger partial charge in [0.2, 0.25) is 5.95 Å². The topological polar surface area (TPSA) is 104 Å². The molecule has 11 heteroatoms. The number of aromatic nitrogens is 2. The fourth-order valence-electron chi connectivity index (χ4n) is 2.51. The highest BCUT2D eigenvalue weighted by Crippen LogP contribution is 2.31. The number of piperidine rings is 1. The number of aliphatic carboxylic acids is 1. The molecule has 0 aromatic carbocycles. The lowest BCUT2D eigenvalue weighted by Crippen LogP contribution is -2.34. The number of halogens is 3. The van der Waals surface area contributed by atoms with Crippen molar-refractivity contribution in [2.75, 3.05) is 18.0 Å². The van der Waals surface area contributed by atoms with E-state index < -0.39 is 18.1 Å². The molecule has 0 saturated carbocycles. The Morgan fingerprint density at radius 2 is 1.81 bits per heavy atom. The first-order chi connectivity index (χ1) is 12.7. The van der Waals surface area contributed by atoms with Crippen LogP contribution in [0.1, 0.15) is 34.1 Å². The first-order valence-electron chi connectivity index (χ1n) is 7.83. The average molecular weight is 403 g/mol. The van der Waals surface area contributed by atoms with Gasteiger partial charge >= 0.3 is 18.1 Å². The van der Waals surface area contributed by atoms with E-state index in [1.165, 1.54) is 17.1 Å². The molecule has 146 valence electrons. The number of aromatic carboxylic acids is 1. The van der Waals surface area contributed by atoms with Crippen LogP contribution in [0.5, 0.6) is 0 Å². The smallest absolute Gasteiger partial charge is 0.477 e. The van der Waals surface area contributed by atoms with Crippen LogP contribution in [0.25, 0.3) is 0 Å². The number of rotatable bonds is 3. The Balaban J connectivity index is 0.000000321. The summed E-state index contributed by atoms with van der Waals surface area (Å²) < 4.78 is 31.7. The summed E-state index contributed by atoms with van der Waals surface area (Å²) in [5, 5.41) is 18.2. The maximum absolute atomic E-state index is 10.9. The Morgan fingerprint density at radius 1 is 1.19 bits per heavy atom. The zero-order chi connectivity index (χ0) is 20.0. The quantitative estimate of drug-likeness (QED) is 0.811. The minimum Gasteiger partial charge on any atom is -0.477 e. The minimum absolute atomic E-state index is 0.0513. The summed E-state index contributed by atoms with van der Waals surface area (Å²) in [6.45, 7) is 1.73. The number of carbonyl (C=O) groups is 2. The van der Waals surface area contributed by atoms with E-state index in [4.69, 9.17) is 15.0 Å². The standard InChI is InChI=1S/C14H15N3O2S.C2HF3O2/c18-13(19)11-3-6-15-14(16-11)17-7-4-10(5-8-17)12-2-1-9-20-12;3-2(4,5)1(6)7/h1-3,6,9-10H,4-5,7-8H2,(H,18,19);(H,6,7). The Kier molecular flexibility index (Phi) is 6.72. The molecule has 7 nitrogen and oxygen atoms in total. The number of nitrogens with zero attached hydrogens (tertiary/aromatic N) is 3. The molecular weight excluding hydrogens is 387 g/mol. The second kappa shape index (κ2) is 8.80. The van der Waals surface area contributed by atoms with Crippen LogP contribution in [-0.2, 0) is 4.79 Å². The van der Waals surface area contributed by atoms with Crippen LogP contribution in [0.2, 0.25) is 0 Å². The summed E-state index contributed by atoms with van der Waals surface area (Å²) >= 11 is 1.81. The molecule has 0 radical (unpaired) electrons. The first-order valence-corrected chi connectivity index (χ1v) is 8.71. The van der Waals surface area contributed by atoms with Gasteiger partial charge in [-0.1, -0.05) is 6.07 Å². The molecule has 1 aliphatic rings. The monoisotopic (exact) mass is 403 g/mol. The van der Waals surface area contributed by atoms with E-state index in [9.17, 15) is 18.0 Å². The van der Waals surface area contributed by atoms with Gasteiger partial charge in [-0.25, -0.2) is 19.6 Å². The lowest BCUT2D eigenvalue weighted by atomic mass is 9.95. The van der Waals surface area contributed by atoms with Gasteiger partial charge in [-0.15, -0.1) is 11.3 Å². The van der Waals surface area contributed by atoms with Gasteiger partial charge in [-0.05, 0) is 36.3 Å². The molecule has 2 N–H and O–H groups in total. The van der Waals surface area contributed by atoms with Gasteiger partial charge in [0.1, 0.15) is 0 Å². The van der Waals surface area contributed by atoms with E-state index in [-0.39, 0.29) is 5.69 Å². The molecular formula is C16H16F3N3O4S. The lowest BCUT2D eigenvalue weighted by Gasteiger charge is -2.31. The SMILES string of the molecule is O=C(O)C(F)(F)F.O=C(O)c1ccnc(N2CCC(c3cccs3)CC2)n1. The molecule has 27 heavy (non-hydrogen) atoms. The van der Waals surface area contributed by atoms with Gasteiger partial charge in [0.25, 0.3) is 0 Å². The molecule has 0 unspecified atom stereocenters. The predicted octanol–water partition coefficient (Wildman–Crippen LogP) is 3.25. The van der Waals surface area contributed by atoms with Crippen molar-refractivity contribution < 1.29 is 33.0 Å². The number of hydrogen-bond acceptors (Lipinski definition) is 6. The van der Waals surface area contributed by atoms with Crippen molar-refractivity contribution in [2.24, 2.45) is 0 Å². The van der Waals surface area contributed by atoms with E-state index >= 15 is 0 Å². The summed E-state index contributed by atoms with van der Waals surface area (Å²) in [6.07, 6.45) is -1.46. The molecule has 3 rings (SSSR count). The average Bonchev–Trinajstić information content (AvgIpc) is 3.16. The van der Waals surface area contributed by atoms with E-state index in [0.29, 0.717) is 11.9 Å². The van der Waals surface area contributed by atoms with Gasteiger partial charge in [-0.2, -0.15) is 13.2 Å². The lowest BCUT2D eigenvalue weighted by molar-refractivity contribution is -0.192. The third kappa shape index (κ3) is 5.91. The fraction of sp³-hybridized carbons (Fsp3) is 0.375. The van der Waals surface area contributed by atoms with Gasteiger partial charge in [-0.3, -0.25) is 0 Å². The molecule has 0 aliphatic carbocycles. The van der Waals surface area contributed by atoms with Crippen molar-refractivity contribution >= 4 is 29.2 Å². The number of thiophene rings is 1. The molecule has 0 bridgehead atoms. The van der Waals surface area contributed by atoms with E-state index in [2.05, 4.69) is 32.4 Å². The summed E-state index contributed by atoms with van der Waals surface area (Å²) in [4.78, 5) is 31.6. The molecule has 2 aromatic heterocycles. The third-order valence-corrected chi connectivity index (χ3v) is 4.86. The van der Waals surface area contributed by atoms with Gasteiger partial charge in [0.05, 0.1) is 0 Å². The van der Waals surface area contributed by atoms with Crippen molar-refractivity contribution in [3.05, 3.63) is 40.3 Å². The minimum atomic E-state index is -5.08. The zero-order valence-electron chi connectivity index (χ0n) is 13.9. The van der Waals surface area contributed by atoms with Crippen molar-refractivity contribution in [1.82, 2.24) is 9.97 Å². The van der Waals surface area contributed by atoms with Crippen LogP contribution in [-0.4, -0.2) is 51.4 Å². The molecule has 1 saturated heterocycles. The number of carboxylic acids is 2. The van der Waals surface area contributed by atoms with Crippen LogP contribution in [0.15, 0.2) is 29.8 Å². The summed E-state index contributed by atoms with van der Waals surface area (Å²) in [5.41, 5.74) is 0.0513. The Morgan fingerprint density at radius 3 is 2.30 bits per heavy atom. The van der Waals surface area contributed by atoms with Gasteiger partial charge in [0.15, 0.2) is 5.69 Å². The highest BCUT2D eigenvalue weighted by atomic mass is 32.1. The van der Waals surface area contributed by atoms with Crippen LogP contribution >= 0.6 is 11.3 Å². The Bertz CT molecular complexity index is 775. The molecule has 0 spiro atoms. The Labute approximate surface area is 156 Å². The maximum atomic E-state index is 10.9. The number of hydrogen-bond donors (Lipinski definition) is 2. The molecule has 0 atom stereocenters. The van der Waals surface area contributed by atoms with Crippen molar-refractivity contribution in [3.63, 3.8) is 0 Å². The van der Waals surface area contributed by atoms with E-state index in [0.717, 1.165) is 25.9 Å². The van der Waals surface area contributed by atoms with E-state index in [1.807, 2.05) is 0 Å². The summed E-state index contributed by atoms with van der Waals surface area (Å²) in [7, 11) is 0. The zero-order valence-corrected chi connectivity index (χ0v) is 14.7. The van der Waals surface area contributed by atoms with Crippen LogP contribution in [0.4, 0.5) is 19.1 Å². The highest BCUT2D eigenvalue weighted by molar-refractivity contribution is 7.10. The molecule has 0 amide bonds. The van der Waals surface area contributed by atoms with Crippen molar-refractivity contribution in [3.8, 4) is 0 Å². The second-order valence-corrected chi connectivity index (χ2v) is 6.61. The van der Waals surface area contributed by atoms with E-state index in [1.54, 1.807) is 11.3 Å². The summed E-state index contributed by atoms with van der Waals surface area (Å²) in [5.74, 6) is -2.64. The normalized spacial score (nSPS) is 15.0. The number of carboxylic acid groups (broad SMARTS) is 2. The largest absolute Gasteiger partial charge is 0.490 e. The van der Waals surface area contributed by atoms with Crippen LogP contribution in [0, 0.1) is 0 Å². The van der Waals surface area contributed by atoms with Gasteiger partial charge in [0, 0.05) is 24.2 Å². The fourth-order valence-corrected chi connectivity index (χ4v) is 3.41. The van der Waals surface area contributed by atoms with Crippen molar-refractivity contribution in [2.45, 2.75) is 24.9 Å². The first kappa shape index (κ1) is 20.6. The number of alkyl halides is 3. The van der Waals surface area contributed by atoms with Crippen LogP contribution < -0.4 is 4.90 Å². The number of anilines is 1. The predicted molar refractivity (Wildman–Crippen MR) is 91.2 cm³/mol. The van der Waals surface area contributed by atoms with Crippen LogP contribution in [0.3, 0.4) is 0 Å². The summed E-state index contributed by atoms with van der Waals surface area (Å²) in [6, 6.07) is 5.70.